The van der Waals surface area contributed by atoms with Crippen molar-refractivity contribution in [3.63, 3.8) is 0 Å². The van der Waals surface area contributed by atoms with Gasteiger partial charge in [0.1, 0.15) is 0 Å². The van der Waals surface area contributed by atoms with E-state index in [1.807, 2.05) is 19.9 Å². The maximum Gasteiger partial charge on any atom is 0.224 e. The van der Waals surface area contributed by atoms with Gasteiger partial charge in [-0.1, -0.05) is 46.2 Å². The number of para-hydroxylation sites is 1. The predicted molar refractivity (Wildman–Crippen MR) is 102 cm³/mol. The summed E-state index contributed by atoms with van der Waals surface area (Å²) in [4.78, 5) is 11.8. The molecule has 1 aromatic rings. The average molecular weight is 342 g/mol. The summed E-state index contributed by atoms with van der Waals surface area (Å²) < 4.78 is 5.70. The second kappa shape index (κ2) is 8.06. The van der Waals surface area contributed by atoms with Crippen LogP contribution in [0, 0.1) is 0 Å². The minimum Gasteiger partial charge on any atom is -0.504 e. The fourth-order valence-corrected chi connectivity index (χ4v) is 3.30. The first-order valence-corrected chi connectivity index (χ1v) is 8.98. The largest absolute Gasteiger partial charge is 0.504 e. The van der Waals surface area contributed by atoms with Gasteiger partial charge in [0.2, 0.25) is 11.2 Å². The lowest BCUT2D eigenvalue weighted by Gasteiger charge is -2.22. The summed E-state index contributed by atoms with van der Waals surface area (Å²) in [5.74, 6) is 0.0177. The SMILES string of the molecule is CC.CCCC(CC)c1c2ccc(=O)c(O)c-2oc2c(O)cccc12. The van der Waals surface area contributed by atoms with Gasteiger partial charge in [-0.05, 0) is 42.5 Å². The molecule has 0 radical (unpaired) electrons. The van der Waals surface area contributed by atoms with Crippen LogP contribution in [0.4, 0.5) is 0 Å². The van der Waals surface area contributed by atoms with Gasteiger partial charge in [0.25, 0.3) is 0 Å². The molecule has 2 N–H and O–H groups in total. The number of rotatable bonds is 4. The van der Waals surface area contributed by atoms with Gasteiger partial charge >= 0.3 is 0 Å². The van der Waals surface area contributed by atoms with Crippen LogP contribution in [-0.2, 0) is 0 Å². The first kappa shape index (κ1) is 18.8. The molecule has 1 aliphatic heterocycles. The Morgan fingerprint density at radius 2 is 1.80 bits per heavy atom. The third kappa shape index (κ3) is 3.34. The molecule has 0 amide bonds. The molecule has 0 bridgehead atoms. The number of phenolic OH excluding ortho intramolecular Hbond substituents is 2. The molecule has 4 nitrogen and oxygen atoms in total. The molecule has 25 heavy (non-hydrogen) atoms. The zero-order valence-electron chi connectivity index (χ0n) is 15.3. The molecule has 0 aromatic heterocycles. The third-order valence-corrected chi connectivity index (χ3v) is 4.41. The Morgan fingerprint density at radius 3 is 2.44 bits per heavy atom. The lowest BCUT2D eigenvalue weighted by Crippen LogP contribution is -2.06. The zero-order valence-corrected chi connectivity index (χ0v) is 15.3. The van der Waals surface area contributed by atoms with Gasteiger partial charge in [0.15, 0.2) is 17.1 Å². The van der Waals surface area contributed by atoms with Crippen molar-refractivity contribution < 1.29 is 14.6 Å². The van der Waals surface area contributed by atoms with Gasteiger partial charge in [-0.25, -0.2) is 0 Å². The molecule has 0 spiro atoms. The lowest BCUT2D eigenvalue weighted by atomic mass is 9.85. The molecule has 3 rings (SSSR count). The second-order valence-electron chi connectivity index (χ2n) is 5.85. The van der Waals surface area contributed by atoms with E-state index in [0.717, 1.165) is 35.8 Å². The van der Waals surface area contributed by atoms with Crippen LogP contribution in [0.2, 0.25) is 0 Å². The van der Waals surface area contributed by atoms with Gasteiger partial charge < -0.3 is 14.6 Å². The van der Waals surface area contributed by atoms with Crippen LogP contribution >= 0.6 is 0 Å². The molecular formula is C21H26O4. The van der Waals surface area contributed by atoms with Crippen molar-refractivity contribution in [2.75, 3.05) is 0 Å². The summed E-state index contributed by atoms with van der Waals surface area (Å²) in [6.45, 7) is 8.25. The second-order valence-corrected chi connectivity index (χ2v) is 5.85. The van der Waals surface area contributed by atoms with Crippen LogP contribution in [-0.4, -0.2) is 10.2 Å². The normalized spacial score (nSPS) is 12.0. The third-order valence-electron chi connectivity index (χ3n) is 4.41. The van der Waals surface area contributed by atoms with Crippen molar-refractivity contribution in [2.45, 2.75) is 52.9 Å². The molecule has 1 unspecified atom stereocenters. The van der Waals surface area contributed by atoms with Crippen LogP contribution in [0.5, 0.6) is 11.5 Å². The first-order chi connectivity index (χ1) is 12.1. The predicted octanol–water partition coefficient (Wildman–Crippen LogP) is 5.63. The maximum atomic E-state index is 11.8. The highest BCUT2D eigenvalue weighted by Gasteiger charge is 2.25. The topological polar surface area (TPSA) is 70.7 Å². The van der Waals surface area contributed by atoms with E-state index >= 15 is 0 Å². The first-order valence-electron chi connectivity index (χ1n) is 8.98. The number of hydrogen-bond acceptors (Lipinski definition) is 4. The molecule has 4 heteroatoms. The summed E-state index contributed by atoms with van der Waals surface area (Å²) in [7, 11) is 0. The Labute approximate surface area is 148 Å². The van der Waals surface area contributed by atoms with Crippen molar-refractivity contribution in [1.29, 1.82) is 0 Å². The summed E-state index contributed by atoms with van der Waals surface area (Å²) in [5, 5.41) is 21.1. The lowest BCUT2D eigenvalue weighted by molar-refractivity contribution is 0.439. The number of benzene rings is 2. The summed E-state index contributed by atoms with van der Waals surface area (Å²) in [5.41, 5.74) is 1.59. The van der Waals surface area contributed by atoms with E-state index in [2.05, 4.69) is 13.8 Å². The van der Waals surface area contributed by atoms with E-state index in [1.54, 1.807) is 18.2 Å². The van der Waals surface area contributed by atoms with Crippen LogP contribution in [0.3, 0.4) is 0 Å². The molecule has 1 atom stereocenters. The maximum absolute atomic E-state index is 11.8. The van der Waals surface area contributed by atoms with Gasteiger partial charge in [0, 0.05) is 10.9 Å². The van der Waals surface area contributed by atoms with E-state index in [0.29, 0.717) is 5.58 Å². The van der Waals surface area contributed by atoms with E-state index in [1.165, 1.54) is 6.07 Å². The Balaban J connectivity index is 0.00000109. The molecule has 1 heterocycles. The van der Waals surface area contributed by atoms with E-state index in [9.17, 15) is 15.0 Å². The molecule has 2 aliphatic rings. The fourth-order valence-electron chi connectivity index (χ4n) is 3.30. The van der Waals surface area contributed by atoms with Crippen molar-refractivity contribution in [3.8, 4) is 22.8 Å². The van der Waals surface area contributed by atoms with Gasteiger partial charge in [0.05, 0.1) is 0 Å². The molecule has 0 saturated heterocycles. The van der Waals surface area contributed by atoms with Crippen LogP contribution in [0.15, 0.2) is 39.5 Å². The Hall–Kier alpha value is -2.49. The molecule has 1 aliphatic carbocycles. The molecule has 1 aromatic carbocycles. The Kier molecular flexibility index (Phi) is 6.07. The molecule has 0 fully saturated rings. The number of phenols is 2. The van der Waals surface area contributed by atoms with Gasteiger partial charge in [-0.15, -0.1) is 0 Å². The fraction of sp³-hybridized carbons (Fsp3) is 0.381. The average Bonchev–Trinajstić information content (AvgIpc) is 2.64. The van der Waals surface area contributed by atoms with Crippen molar-refractivity contribution in [2.24, 2.45) is 0 Å². The van der Waals surface area contributed by atoms with E-state index in [-0.39, 0.29) is 17.4 Å². The van der Waals surface area contributed by atoms with Crippen molar-refractivity contribution in [3.05, 3.63) is 46.1 Å². The minimum absolute atomic E-state index is 0.00713. The van der Waals surface area contributed by atoms with E-state index in [4.69, 9.17) is 4.42 Å². The standard InChI is InChI=1S/C19H20O4.C2H6/c1-3-6-11(4-2)16-12-7-5-8-15(21)18(12)23-19-13(16)9-10-14(20)17(19)22;1-2/h5,7-11,21-22H,3-4,6H2,1-2H3;1-2H3. The highest BCUT2D eigenvalue weighted by molar-refractivity contribution is 5.92. The zero-order chi connectivity index (χ0) is 18.6. The van der Waals surface area contributed by atoms with E-state index < -0.39 is 11.2 Å². The highest BCUT2D eigenvalue weighted by atomic mass is 16.4. The monoisotopic (exact) mass is 342 g/mol. The number of aromatic hydroxyl groups is 2. The summed E-state index contributed by atoms with van der Waals surface area (Å²) in [6, 6.07) is 8.30. The van der Waals surface area contributed by atoms with Crippen LogP contribution in [0.1, 0.15) is 58.4 Å². The number of fused-ring (bicyclic) bond motifs is 2. The quantitative estimate of drug-likeness (QED) is 0.603. The van der Waals surface area contributed by atoms with Crippen LogP contribution in [0.25, 0.3) is 22.3 Å². The molecular weight excluding hydrogens is 316 g/mol. The minimum atomic E-state index is -0.481. The summed E-state index contributed by atoms with van der Waals surface area (Å²) in [6.07, 6.45) is 2.94. The summed E-state index contributed by atoms with van der Waals surface area (Å²) >= 11 is 0. The molecule has 0 saturated carbocycles. The van der Waals surface area contributed by atoms with Crippen LogP contribution < -0.4 is 5.43 Å². The smallest absolute Gasteiger partial charge is 0.224 e. The number of hydrogen-bond donors (Lipinski definition) is 2. The van der Waals surface area contributed by atoms with Crippen molar-refractivity contribution >= 4 is 11.0 Å². The van der Waals surface area contributed by atoms with Gasteiger partial charge in [-0.2, -0.15) is 0 Å². The Morgan fingerprint density at radius 1 is 1.08 bits per heavy atom. The Bertz CT molecular complexity index is 879. The highest BCUT2D eigenvalue weighted by Crippen LogP contribution is 2.44. The van der Waals surface area contributed by atoms with Gasteiger partial charge in [-0.3, -0.25) is 4.79 Å². The van der Waals surface area contributed by atoms with Crippen molar-refractivity contribution in [1.82, 2.24) is 0 Å². The molecule has 134 valence electrons.